The van der Waals surface area contributed by atoms with E-state index in [0.717, 1.165) is 44.4 Å². The number of nitrogens with one attached hydrogen (secondary N) is 2. The SMILES string of the molecule is CCCN1CCC(CNC(=NC)N2CCC(CC(=O)NC)CC2)C1. The minimum absolute atomic E-state index is 0.161. The van der Waals surface area contributed by atoms with Crippen LogP contribution >= 0.6 is 0 Å². The van der Waals surface area contributed by atoms with Crippen LogP contribution in [0.25, 0.3) is 0 Å². The van der Waals surface area contributed by atoms with Gasteiger partial charge >= 0.3 is 0 Å². The van der Waals surface area contributed by atoms with Gasteiger partial charge in [-0.05, 0) is 50.6 Å². The van der Waals surface area contributed by atoms with Gasteiger partial charge in [-0.15, -0.1) is 0 Å². The molecular formula is C18H35N5O. The molecule has 0 spiro atoms. The predicted molar refractivity (Wildman–Crippen MR) is 99.2 cm³/mol. The zero-order valence-corrected chi connectivity index (χ0v) is 15.7. The molecule has 2 heterocycles. The Morgan fingerprint density at radius 3 is 2.50 bits per heavy atom. The Kier molecular flexibility index (Phi) is 7.82. The van der Waals surface area contributed by atoms with E-state index in [4.69, 9.17) is 0 Å². The first kappa shape index (κ1) is 19.0. The normalized spacial score (nSPS) is 23.5. The van der Waals surface area contributed by atoms with Crippen LogP contribution in [0.5, 0.6) is 0 Å². The lowest BCUT2D eigenvalue weighted by atomic mass is 9.93. The first-order valence-corrected chi connectivity index (χ1v) is 9.54. The minimum atomic E-state index is 0.161. The highest BCUT2D eigenvalue weighted by atomic mass is 16.1. The summed E-state index contributed by atoms with van der Waals surface area (Å²) < 4.78 is 0. The van der Waals surface area contributed by atoms with Crippen LogP contribution in [0, 0.1) is 11.8 Å². The lowest BCUT2D eigenvalue weighted by molar-refractivity contribution is -0.121. The van der Waals surface area contributed by atoms with E-state index in [2.05, 4.69) is 32.3 Å². The first-order chi connectivity index (χ1) is 11.7. The lowest BCUT2D eigenvalue weighted by Gasteiger charge is -2.34. The fraction of sp³-hybridized carbons (Fsp3) is 0.889. The quantitative estimate of drug-likeness (QED) is 0.564. The molecule has 0 aliphatic carbocycles. The largest absolute Gasteiger partial charge is 0.359 e. The highest BCUT2D eigenvalue weighted by Gasteiger charge is 2.25. The standard InChI is InChI=1S/C18H35N5O/c1-4-8-22-9-5-16(14-22)13-21-18(20-3)23-10-6-15(7-11-23)12-17(24)19-2/h15-16H,4-14H2,1-3H3,(H,19,24)(H,20,21). The fourth-order valence-electron chi connectivity index (χ4n) is 3.88. The summed E-state index contributed by atoms with van der Waals surface area (Å²) >= 11 is 0. The number of aliphatic imine (C=N–C) groups is 1. The van der Waals surface area contributed by atoms with Crippen molar-refractivity contribution in [3.8, 4) is 0 Å². The Hall–Kier alpha value is -1.30. The molecule has 2 N–H and O–H groups in total. The average Bonchev–Trinajstić information content (AvgIpc) is 3.04. The molecule has 1 unspecified atom stereocenters. The molecule has 1 amide bonds. The molecule has 2 fully saturated rings. The monoisotopic (exact) mass is 337 g/mol. The van der Waals surface area contributed by atoms with E-state index < -0.39 is 0 Å². The van der Waals surface area contributed by atoms with E-state index in [9.17, 15) is 4.79 Å². The van der Waals surface area contributed by atoms with Crippen LogP contribution in [0.15, 0.2) is 4.99 Å². The van der Waals surface area contributed by atoms with Gasteiger partial charge in [0.05, 0.1) is 0 Å². The Balaban J connectivity index is 1.70. The second-order valence-electron chi connectivity index (χ2n) is 7.19. The van der Waals surface area contributed by atoms with Crippen LogP contribution in [-0.2, 0) is 4.79 Å². The molecule has 0 saturated carbocycles. The van der Waals surface area contributed by atoms with E-state index in [0.29, 0.717) is 12.3 Å². The number of carbonyl (C=O) groups is 1. The Bertz CT molecular complexity index is 418. The number of piperidine rings is 1. The number of likely N-dealkylation sites (tertiary alicyclic amines) is 2. The van der Waals surface area contributed by atoms with Gasteiger partial charge in [-0.3, -0.25) is 9.79 Å². The minimum Gasteiger partial charge on any atom is -0.359 e. The van der Waals surface area contributed by atoms with Crippen LogP contribution in [-0.4, -0.2) is 75.0 Å². The van der Waals surface area contributed by atoms with Crippen molar-refractivity contribution in [1.82, 2.24) is 20.4 Å². The summed E-state index contributed by atoms with van der Waals surface area (Å²) in [6.45, 7) is 8.94. The molecule has 0 aromatic carbocycles. The molecule has 0 aromatic rings. The van der Waals surface area contributed by atoms with Crippen molar-refractivity contribution in [1.29, 1.82) is 0 Å². The number of rotatable bonds is 6. The molecule has 0 bridgehead atoms. The summed E-state index contributed by atoms with van der Waals surface area (Å²) in [4.78, 5) is 20.9. The molecular weight excluding hydrogens is 302 g/mol. The Morgan fingerprint density at radius 1 is 1.17 bits per heavy atom. The number of nitrogens with zero attached hydrogens (tertiary/aromatic N) is 3. The van der Waals surface area contributed by atoms with Gasteiger partial charge in [0.2, 0.25) is 5.91 Å². The summed E-state index contributed by atoms with van der Waals surface area (Å²) in [5.41, 5.74) is 0. The molecule has 2 saturated heterocycles. The molecule has 2 rings (SSSR count). The molecule has 138 valence electrons. The third-order valence-corrected chi connectivity index (χ3v) is 5.34. The Labute approximate surface area is 147 Å². The molecule has 6 heteroatoms. The van der Waals surface area contributed by atoms with Crippen LogP contribution in [0.1, 0.15) is 39.0 Å². The summed E-state index contributed by atoms with van der Waals surface area (Å²) in [6.07, 6.45) is 5.33. The van der Waals surface area contributed by atoms with Gasteiger partial charge in [0.1, 0.15) is 0 Å². The average molecular weight is 338 g/mol. The zero-order valence-electron chi connectivity index (χ0n) is 15.7. The third-order valence-electron chi connectivity index (χ3n) is 5.34. The van der Waals surface area contributed by atoms with Crippen molar-refractivity contribution in [3.05, 3.63) is 0 Å². The molecule has 2 aliphatic rings. The molecule has 0 aromatic heterocycles. The van der Waals surface area contributed by atoms with E-state index in [1.807, 2.05) is 7.05 Å². The van der Waals surface area contributed by atoms with Crippen LogP contribution < -0.4 is 10.6 Å². The van der Waals surface area contributed by atoms with Crippen LogP contribution in [0.4, 0.5) is 0 Å². The first-order valence-electron chi connectivity index (χ1n) is 9.54. The second kappa shape index (κ2) is 9.87. The number of guanidine groups is 1. The van der Waals surface area contributed by atoms with Crippen molar-refractivity contribution >= 4 is 11.9 Å². The Morgan fingerprint density at radius 2 is 1.88 bits per heavy atom. The highest BCUT2D eigenvalue weighted by molar-refractivity contribution is 5.80. The molecule has 2 aliphatic heterocycles. The maximum Gasteiger partial charge on any atom is 0.220 e. The van der Waals surface area contributed by atoms with Gasteiger partial charge in [-0.1, -0.05) is 6.92 Å². The van der Waals surface area contributed by atoms with Gasteiger partial charge in [-0.2, -0.15) is 0 Å². The van der Waals surface area contributed by atoms with Crippen molar-refractivity contribution in [2.45, 2.75) is 39.0 Å². The van der Waals surface area contributed by atoms with Crippen molar-refractivity contribution in [3.63, 3.8) is 0 Å². The smallest absolute Gasteiger partial charge is 0.220 e. The zero-order chi connectivity index (χ0) is 17.4. The number of hydrogen-bond acceptors (Lipinski definition) is 3. The number of hydrogen-bond donors (Lipinski definition) is 2. The van der Waals surface area contributed by atoms with Crippen LogP contribution in [0.2, 0.25) is 0 Å². The summed E-state index contributed by atoms with van der Waals surface area (Å²) in [6, 6.07) is 0. The maximum atomic E-state index is 11.5. The van der Waals surface area contributed by atoms with Crippen molar-refractivity contribution < 1.29 is 4.79 Å². The predicted octanol–water partition coefficient (Wildman–Crippen LogP) is 1.14. The molecule has 6 nitrogen and oxygen atoms in total. The highest BCUT2D eigenvalue weighted by Crippen LogP contribution is 2.21. The van der Waals surface area contributed by atoms with E-state index in [-0.39, 0.29) is 5.91 Å². The van der Waals surface area contributed by atoms with Crippen molar-refractivity contribution in [2.75, 3.05) is 53.4 Å². The summed E-state index contributed by atoms with van der Waals surface area (Å²) in [5, 5.41) is 6.31. The van der Waals surface area contributed by atoms with Crippen LogP contribution in [0.3, 0.4) is 0 Å². The second-order valence-corrected chi connectivity index (χ2v) is 7.19. The number of amides is 1. The van der Waals surface area contributed by atoms with Gasteiger partial charge < -0.3 is 20.4 Å². The molecule has 0 radical (unpaired) electrons. The van der Waals surface area contributed by atoms with Gasteiger partial charge in [0.25, 0.3) is 0 Å². The van der Waals surface area contributed by atoms with Gasteiger partial charge in [-0.25, -0.2) is 0 Å². The van der Waals surface area contributed by atoms with Gasteiger partial charge in [0.15, 0.2) is 5.96 Å². The fourth-order valence-corrected chi connectivity index (χ4v) is 3.88. The lowest BCUT2D eigenvalue weighted by Crippen LogP contribution is -2.47. The van der Waals surface area contributed by atoms with Crippen molar-refractivity contribution in [2.24, 2.45) is 16.8 Å². The maximum absolute atomic E-state index is 11.5. The third kappa shape index (κ3) is 5.65. The number of carbonyl (C=O) groups excluding carboxylic acids is 1. The summed E-state index contributed by atoms with van der Waals surface area (Å²) in [7, 11) is 3.59. The van der Waals surface area contributed by atoms with E-state index in [1.54, 1.807) is 7.05 Å². The van der Waals surface area contributed by atoms with E-state index in [1.165, 1.54) is 32.5 Å². The van der Waals surface area contributed by atoms with Gasteiger partial charge in [0, 0.05) is 46.7 Å². The van der Waals surface area contributed by atoms with E-state index >= 15 is 0 Å². The topological polar surface area (TPSA) is 60.0 Å². The molecule has 24 heavy (non-hydrogen) atoms. The summed E-state index contributed by atoms with van der Waals surface area (Å²) in [5.74, 6) is 2.44. The molecule has 1 atom stereocenters.